The van der Waals surface area contributed by atoms with Crippen LogP contribution in [-0.4, -0.2) is 20.9 Å². The maximum atomic E-state index is 12.9. The summed E-state index contributed by atoms with van der Waals surface area (Å²) in [6, 6.07) is 11.7. The average molecular weight is 320 g/mol. The van der Waals surface area contributed by atoms with Crippen molar-refractivity contribution in [3.63, 3.8) is 0 Å². The number of hydrogen-bond acceptors (Lipinski definition) is 3. The van der Waals surface area contributed by atoms with Gasteiger partial charge in [-0.25, -0.2) is 9.37 Å². The zero-order valence-corrected chi connectivity index (χ0v) is 12.8. The van der Waals surface area contributed by atoms with E-state index in [2.05, 4.69) is 15.1 Å². The predicted molar refractivity (Wildman–Crippen MR) is 92.0 cm³/mol. The van der Waals surface area contributed by atoms with E-state index in [1.165, 1.54) is 24.7 Å². The summed E-state index contributed by atoms with van der Waals surface area (Å²) in [6.45, 7) is 1.98. The van der Waals surface area contributed by atoms with Gasteiger partial charge in [0.1, 0.15) is 23.2 Å². The van der Waals surface area contributed by atoms with E-state index in [9.17, 15) is 9.18 Å². The molecule has 0 atom stereocenters. The summed E-state index contributed by atoms with van der Waals surface area (Å²) in [5.41, 5.74) is 3.39. The standard InChI is InChI=1S/C18H13FN4O/c1-11-3-2-4-14-15(11)16-17(22-14)18(24)23(10-20-16)21-9-12-5-7-13(19)8-6-12/h2-10,22H,1H3/b21-9-. The van der Waals surface area contributed by atoms with Gasteiger partial charge in [-0.05, 0) is 36.2 Å². The second-order valence-corrected chi connectivity index (χ2v) is 5.54. The molecule has 0 fully saturated rings. The molecule has 0 unspecified atom stereocenters. The van der Waals surface area contributed by atoms with E-state index >= 15 is 0 Å². The molecule has 118 valence electrons. The summed E-state index contributed by atoms with van der Waals surface area (Å²) in [4.78, 5) is 20.1. The number of nitrogens with zero attached hydrogens (tertiary/aromatic N) is 3. The van der Waals surface area contributed by atoms with Crippen LogP contribution in [0.5, 0.6) is 0 Å². The highest BCUT2D eigenvalue weighted by Crippen LogP contribution is 2.24. The summed E-state index contributed by atoms with van der Waals surface area (Å²) >= 11 is 0. The van der Waals surface area contributed by atoms with Gasteiger partial charge in [-0.3, -0.25) is 4.79 Å². The number of halogens is 1. The van der Waals surface area contributed by atoms with Crippen LogP contribution in [0.25, 0.3) is 21.9 Å². The van der Waals surface area contributed by atoms with Gasteiger partial charge in [-0.1, -0.05) is 24.3 Å². The number of benzene rings is 2. The van der Waals surface area contributed by atoms with E-state index in [4.69, 9.17) is 0 Å². The van der Waals surface area contributed by atoms with Crippen molar-refractivity contribution >= 4 is 28.2 Å². The Morgan fingerprint density at radius 2 is 2.00 bits per heavy atom. The van der Waals surface area contributed by atoms with Crippen LogP contribution in [0, 0.1) is 12.7 Å². The monoisotopic (exact) mass is 320 g/mol. The number of rotatable bonds is 2. The molecule has 0 saturated carbocycles. The maximum absolute atomic E-state index is 12.9. The van der Waals surface area contributed by atoms with Gasteiger partial charge in [-0.2, -0.15) is 9.78 Å². The minimum Gasteiger partial charge on any atom is -0.349 e. The van der Waals surface area contributed by atoms with Crippen LogP contribution in [-0.2, 0) is 0 Å². The molecule has 6 heteroatoms. The van der Waals surface area contributed by atoms with E-state index < -0.39 is 0 Å². The Morgan fingerprint density at radius 1 is 1.21 bits per heavy atom. The Hall–Kier alpha value is -3.28. The minimum atomic E-state index is -0.319. The highest BCUT2D eigenvalue weighted by atomic mass is 19.1. The van der Waals surface area contributed by atoms with E-state index in [1.807, 2.05) is 25.1 Å². The summed E-state index contributed by atoms with van der Waals surface area (Å²) in [5, 5.41) is 5.07. The lowest BCUT2D eigenvalue weighted by molar-refractivity contribution is 0.628. The molecule has 0 radical (unpaired) electrons. The molecule has 0 bridgehead atoms. The molecule has 1 N–H and O–H groups in total. The highest BCUT2D eigenvalue weighted by Gasteiger charge is 2.11. The van der Waals surface area contributed by atoms with E-state index in [1.54, 1.807) is 12.1 Å². The van der Waals surface area contributed by atoms with Crippen molar-refractivity contribution in [3.05, 3.63) is 76.1 Å². The fraction of sp³-hybridized carbons (Fsp3) is 0.0556. The molecule has 2 aromatic heterocycles. The van der Waals surface area contributed by atoms with Crippen molar-refractivity contribution in [3.8, 4) is 0 Å². The Morgan fingerprint density at radius 3 is 2.79 bits per heavy atom. The van der Waals surface area contributed by atoms with Crippen molar-refractivity contribution in [2.45, 2.75) is 6.92 Å². The number of aromatic amines is 1. The molecule has 2 aromatic carbocycles. The fourth-order valence-electron chi connectivity index (χ4n) is 2.73. The lowest BCUT2D eigenvalue weighted by Gasteiger charge is -1.98. The van der Waals surface area contributed by atoms with Crippen LogP contribution in [0.4, 0.5) is 4.39 Å². The molecular formula is C18H13FN4O. The quantitative estimate of drug-likeness (QED) is 0.576. The topological polar surface area (TPSA) is 63.0 Å². The first-order chi connectivity index (χ1) is 11.6. The maximum Gasteiger partial charge on any atom is 0.298 e. The zero-order chi connectivity index (χ0) is 16.7. The Bertz CT molecular complexity index is 1140. The van der Waals surface area contributed by atoms with Gasteiger partial charge in [0, 0.05) is 10.9 Å². The molecule has 5 nitrogen and oxygen atoms in total. The fourth-order valence-corrected chi connectivity index (χ4v) is 2.73. The van der Waals surface area contributed by atoms with Crippen LogP contribution >= 0.6 is 0 Å². The van der Waals surface area contributed by atoms with Gasteiger partial charge in [-0.15, -0.1) is 0 Å². The number of hydrogen-bond donors (Lipinski definition) is 1. The molecule has 0 aliphatic carbocycles. The molecule has 0 aliphatic heterocycles. The lowest BCUT2D eigenvalue weighted by Crippen LogP contribution is -2.17. The third-order valence-electron chi connectivity index (χ3n) is 3.93. The summed E-state index contributed by atoms with van der Waals surface area (Å²) in [7, 11) is 0. The van der Waals surface area contributed by atoms with Gasteiger partial charge in [0.2, 0.25) is 0 Å². The Labute approximate surface area is 136 Å². The first-order valence-electron chi connectivity index (χ1n) is 7.42. The minimum absolute atomic E-state index is 0.283. The summed E-state index contributed by atoms with van der Waals surface area (Å²) in [5.74, 6) is -0.319. The SMILES string of the molecule is Cc1cccc2[nH]c3c(=O)n(/N=C\c4ccc(F)cc4)cnc3c12. The highest BCUT2D eigenvalue weighted by molar-refractivity contribution is 6.06. The molecule has 24 heavy (non-hydrogen) atoms. The molecule has 4 aromatic rings. The Balaban J connectivity index is 1.84. The third kappa shape index (κ3) is 2.28. The zero-order valence-electron chi connectivity index (χ0n) is 12.8. The van der Waals surface area contributed by atoms with Gasteiger partial charge in [0.05, 0.1) is 6.21 Å². The van der Waals surface area contributed by atoms with Crippen LogP contribution in [0.1, 0.15) is 11.1 Å². The first-order valence-corrected chi connectivity index (χ1v) is 7.42. The molecule has 0 aliphatic rings. The van der Waals surface area contributed by atoms with Crippen LogP contribution in [0.15, 0.2) is 58.7 Å². The summed E-state index contributed by atoms with van der Waals surface area (Å²) < 4.78 is 14.1. The van der Waals surface area contributed by atoms with Crippen LogP contribution < -0.4 is 5.56 Å². The second kappa shape index (κ2) is 5.42. The van der Waals surface area contributed by atoms with Gasteiger partial charge < -0.3 is 4.98 Å². The van der Waals surface area contributed by atoms with Crippen molar-refractivity contribution in [2.24, 2.45) is 5.10 Å². The van der Waals surface area contributed by atoms with E-state index in [0.717, 1.165) is 21.1 Å². The van der Waals surface area contributed by atoms with Gasteiger partial charge in [0.15, 0.2) is 0 Å². The van der Waals surface area contributed by atoms with E-state index in [-0.39, 0.29) is 11.4 Å². The number of nitrogens with one attached hydrogen (secondary N) is 1. The summed E-state index contributed by atoms with van der Waals surface area (Å²) in [6.07, 6.45) is 2.88. The average Bonchev–Trinajstić information content (AvgIpc) is 2.97. The number of aryl methyl sites for hydroxylation is 1. The lowest BCUT2D eigenvalue weighted by atomic mass is 10.1. The Kier molecular flexibility index (Phi) is 3.23. The largest absolute Gasteiger partial charge is 0.349 e. The second-order valence-electron chi connectivity index (χ2n) is 5.54. The number of H-pyrrole nitrogens is 1. The van der Waals surface area contributed by atoms with Crippen molar-refractivity contribution < 1.29 is 4.39 Å². The van der Waals surface area contributed by atoms with Crippen molar-refractivity contribution in [1.29, 1.82) is 0 Å². The van der Waals surface area contributed by atoms with Crippen molar-refractivity contribution in [1.82, 2.24) is 14.6 Å². The third-order valence-corrected chi connectivity index (χ3v) is 3.93. The van der Waals surface area contributed by atoms with Crippen LogP contribution in [0.3, 0.4) is 0 Å². The number of aromatic nitrogens is 3. The van der Waals surface area contributed by atoms with Gasteiger partial charge >= 0.3 is 0 Å². The molecule has 2 heterocycles. The molecule has 0 saturated heterocycles. The van der Waals surface area contributed by atoms with Crippen LogP contribution in [0.2, 0.25) is 0 Å². The number of fused-ring (bicyclic) bond motifs is 3. The van der Waals surface area contributed by atoms with E-state index in [0.29, 0.717) is 16.6 Å². The van der Waals surface area contributed by atoms with Gasteiger partial charge in [0.25, 0.3) is 5.56 Å². The molecule has 0 spiro atoms. The van der Waals surface area contributed by atoms with Crippen molar-refractivity contribution in [2.75, 3.05) is 0 Å². The smallest absolute Gasteiger partial charge is 0.298 e. The first kappa shape index (κ1) is 14.3. The molecule has 4 rings (SSSR count). The molecular weight excluding hydrogens is 307 g/mol. The normalized spacial score (nSPS) is 11.8. The predicted octanol–water partition coefficient (Wildman–Crippen LogP) is 3.21. The molecule has 0 amide bonds.